The predicted octanol–water partition coefficient (Wildman–Crippen LogP) is 0.0543. The van der Waals surface area contributed by atoms with E-state index in [1.54, 1.807) is 0 Å². The lowest BCUT2D eigenvalue weighted by molar-refractivity contribution is 0.0101. The van der Waals surface area contributed by atoms with Gasteiger partial charge in [-0.1, -0.05) is 0 Å². The first-order chi connectivity index (χ1) is 5.22. The van der Waals surface area contributed by atoms with Gasteiger partial charge in [0.1, 0.15) is 0 Å². The molecule has 2 atom stereocenters. The molecule has 1 fully saturated rings. The molecule has 0 bridgehead atoms. The number of rotatable bonds is 3. The highest BCUT2D eigenvalue weighted by Gasteiger charge is 2.21. The van der Waals surface area contributed by atoms with Crippen LogP contribution >= 0.6 is 0 Å². The Morgan fingerprint density at radius 3 is 2.91 bits per heavy atom. The van der Waals surface area contributed by atoms with Crippen molar-refractivity contribution in [3.05, 3.63) is 0 Å². The van der Waals surface area contributed by atoms with Crippen LogP contribution in [0.5, 0.6) is 0 Å². The lowest BCUT2D eigenvalue weighted by Crippen LogP contribution is -2.28. The van der Waals surface area contributed by atoms with Crippen molar-refractivity contribution < 1.29 is 4.74 Å². The quantitative estimate of drug-likeness (QED) is 0.631. The number of hydrogen-bond acceptors (Lipinski definition) is 3. The van der Waals surface area contributed by atoms with Gasteiger partial charge in [-0.05, 0) is 20.4 Å². The maximum absolute atomic E-state index is 5.66. The van der Waals surface area contributed by atoms with Gasteiger partial charge in [-0.15, -0.1) is 0 Å². The van der Waals surface area contributed by atoms with Crippen LogP contribution in [0.4, 0.5) is 0 Å². The van der Waals surface area contributed by atoms with E-state index in [-0.39, 0.29) is 6.10 Å². The van der Waals surface area contributed by atoms with Crippen LogP contribution in [0.3, 0.4) is 0 Å². The molecule has 1 saturated heterocycles. The molecule has 1 heterocycles. The van der Waals surface area contributed by atoms with Crippen LogP contribution < -0.4 is 5.73 Å². The zero-order chi connectivity index (χ0) is 8.27. The molecule has 1 aliphatic rings. The summed E-state index contributed by atoms with van der Waals surface area (Å²) in [7, 11) is 2.12. The SMILES string of the molecule is CC(CN)OC1CCN(C)C1. The van der Waals surface area contributed by atoms with Crippen molar-refractivity contribution in [1.29, 1.82) is 0 Å². The monoisotopic (exact) mass is 158 g/mol. The van der Waals surface area contributed by atoms with Crippen molar-refractivity contribution in [3.8, 4) is 0 Å². The number of hydrogen-bond donors (Lipinski definition) is 1. The zero-order valence-electron chi connectivity index (χ0n) is 7.42. The third-order valence-corrected chi connectivity index (χ3v) is 2.10. The molecular weight excluding hydrogens is 140 g/mol. The molecule has 2 N–H and O–H groups in total. The normalized spacial score (nSPS) is 29.2. The Morgan fingerprint density at radius 1 is 1.73 bits per heavy atom. The summed E-state index contributed by atoms with van der Waals surface area (Å²) in [5.41, 5.74) is 5.45. The van der Waals surface area contributed by atoms with E-state index >= 15 is 0 Å². The van der Waals surface area contributed by atoms with E-state index in [0.29, 0.717) is 12.6 Å². The first-order valence-electron chi connectivity index (χ1n) is 4.26. The van der Waals surface area contributed by atoms with Crippen LogP contribution in [0, 0.1) is 0 Å². The number of ether oxygens (including phenoxy) is 1. The van der Waals surface area contributed by atoms with E-state index in [9.17, 15) is 0 Å². The summed E-state index contributed by atoms with van der Waals surface area (Å²) >= 11 is 0. The lowest BCUT2D eigenvalue weighted by atomic mass is 10.3. The molecule has 0 saturated carbocycles. The van der Waals surface area contributed by atoms with Gasteiger partial charge in [-0.25, -0.2) is 0 Å². The second-order valence-electron chi connectivity index (χ2n) is 3.36. The predicted molar refractivity (Wildman–Crippen MR) is 45.5 cm³/mol. The Kier molecular flexibility index (Phi) is 3.30. The van der Waals surface area contributed by atoms with E-state index in [4.69, 9.17) is 10.5 Å². The van der Waals surface area contributed by atoms with Crippen LogP contribution in [0.2, 0.25) is 0 Å². The van der Waals surface area contributed by atoms with Gasteiger partial charge in [0.25, 0.3) is 0 Å². The van der Waals surface area contributed by atoms with Gasteiger partial charge in [0.05, 0.1) is 12.2 Å². The molecule has 0 aromatic carbocycles. The average molecular weight is 158 g/mol. The van der Waals surface area contributed by atoms with Gasteiger partial charge in [-0.3, -0.25) is 0 Å². The topological polar surface area (TPSA) is 38.5 Å². The second kappa shape index (κ2) is 4.04. The van der Waals surface area contributed by atoms with Crippen molar-refractivity contribution in [2.75, 3.05) is 26.7 Å². The average Bonchev–Trinajstić information content (AvgIpc) is 2.35. The zero-order valence-corrected chi connectivity index (χ0v) is 7.42. The van der Waals surface area contributed by atoms with E-state index in [1.807, 2.05) is 6.92 Å². The minimum Gasteiger partial charge on any atom is -0.373 e. The lowest BCUT2D eigenvalue weighted by Gasteiger charge is -2.16. The molecule has 3 heteroatoms. The Morgan fingerprint density at radius 2 is 2.45 bits per heavy atom. The summed E-state index contributed by atoms with van der Waals surface area (Å²) < 4.78 is 5.66. The van der Waals surface area contributed by atoms with Gasteiger partial charge in [0.15, 0.2) is 0 Å². The molecule has 3 nitrogen and oxygen atoms in total. The standard InChI is InChI=1S/C8H18N2O/c1-7(5-9)11-8-3-4-10(2)6-8/h7-8H,3-6,9H2,1-2H3. The van der Waals surface area contributed by atoms with E-state index in [2.05, 4.69) is 11.9 Å². The number of likely N-dealkylation sites (N-methyl/N-ethyl adjacent to an activating group) is 1. The molecule has 0 aliphatic carbocycles. The molecule has 2 unspecified atom stereocenters. The Hall–Kier alpha value is -0.120. The third kappa shape index (κ3) is 2.77. The van der Waals surface area contributed by atoms with Gasteiger partial charge >= 0.3 is 0 Å². The minimum absolute atomic E-state index is 0.214. The molecule has 0 aromatic heterocycles. The van der Waals surface area contributed by atoms with Gasteiger partial charge in [-0.2, -0.15) is 0 Å². The number of nitrogens with zero attached hydrogens (tertiary/aromatic N) is 1. The molecule has 66 valence electrons. The van der Waals surface area contributed by atoms with Crippen molar-refractivity contribution in [3.63, 3.8) is 0 Å². The highest BCUT2D eigenvalue weighted by molar-refractivity contribution is 4.74. The van der Waals surface area contributed by atoms with Gasteiger partial charge < -0.3 is 15.4 Å². The van der Waals surface area contributed by atoms with Crippen LogP contribution in [0.1, 0.15) is 13.3 Å². The minimum atomic E-state index is 0.214. The summed E-state index contributed by atoms with van der Waals surface area (Å²) in [5.74, 6) is 0. The van der Waals surface area contributed by atoms with Crippen molar-refractivity contribution in [1.82, 2.24) is 4.90 Å². The molecule has 0 aromatic rings. The number of likely N-dealkylation sites (tertiary alicyclic amines) is 1. The first kappa shape index (κ1) is 8.97. The maximum atomic E-state index is 5.66. The Bertz CT molecular complexity index is 119. The Labute approximate surface area is 68.5 Å². The molecule has 0 spiro atoms. The summed E-state index contributed by atoms with van der Waals surface area (Å²) in [5, 5.41) is 0. The van der Waals surface area contributed by atoms with Crippen molar-refractivity contribution in [2.24, 2.45) is 5.73 Å². The van der Waals surface area contributed by atoms with Crippen LogP contribution in [-0.2, 0) is 4.74 Å². The van der Waals surface area contributed by atoms with E-state index in [1.165, 1.54) is 0 Å². The van der Waals surface area contributed by atoms with Crippen LogP contribution in [0.15, 0.2) is 0 Å². The van der Waals surface area contributed by atoms with Crippen molar-refractivity contribution in [2.45, 2.75) is 25.6 Å². The fourth-order valence-electron chi connectivity index (χ4n) is 1.39. The molecule has 1 rings (SSSR count). The molecule has 1 aliphatic heterocycles. The second-order valence-corrected chi connectivity index (χ2v) is 3.36. The third-order valence-electron chi connectivity index (χ3n) is 2.10. The first-order valence-corrected chi connectivity index (χ1v) is 4.26. The molecule has 0 radical (unpaired) electrons. The molecular formula is C8H18N2O. The summed E-state index contributed by atoms with van der Waals surface area (Å²) in [4.78, 5) is 2.29. The van der Waals surface area contributed by atoms with E-state index in [0.717, 1.165) is 19.5 Å². The van der Waals surface area contributed by atoms with Crippen molar-refractivity contribution >= 4 is 0 Å². The fourth-order valence-corrected chi connectivity index (χ4v) is 1.39. The van der Waals surface area contributed by atoms with Gasteiger partial charge in [0.2, 0.25) is 0 Å². The summed E-state index contributed by atoms with van der Waals surface area (Å²) in [6, 6.07) is 0. The van der Waals surface area contributed by atoms with Crippen LogP contribution in [0.25, 0.3) is 0 Å². The number of nitrogens with two attached hydrogens (primary N) is 1. The van der Waals surface area contributed by atoms with Gasteiger partial charge in [0, 0.05) is 19.6 Å². The largest absolute Gasteiger partial charge is 0.373 e. The summed E-state index contributed by atoms with van der Waals surface area (Å²) in [6.45, 7) is 4.87. The van der Waals surface area contributed by atoms with E-state index < -0.39 is 0 Å². The summed E-state index contributed by atoms with van der Waals surface area (Å²) in [6.07, 6.45) is 1.78. The Balaban J connectivity index is 2.17. The fraction of sp³-hybridized carbons (Fsp3) is 1.00. The molecule has 0 amide bonds. The highest BCUT2D eigenvalue weighted by atomic mass is 16.5. The maximum Gasteiger partial charge on any atom is 0.0718 e. The smallest absolute Gasteiger partial charge is 0.0718 e. The van der Waals surface area contributed by atoms with Crippen LogP contribution in [-0.4, -0.2) is 43.8 Å². The molecule has 11 heavy (non-hydrogen) atoms. The highest BCUT2D eigenvalue weighted by Crippen LogP contribution is 2.11.